The van der Waals surface area contributed by atoms with Crippen LogP contribution in [-0.2, 0) is 13.6 Å². The van der Waals surface area contributed by atoms with Gasteiger partial charge in [-0.2, -0.15) is 0 Å². The standard InChI is InChI=1S/C21H23O8P/c1-4-6-27-30(26,28-7-5-2)29-13-10-15-19(17(23)11-13)21(25)18-14(20(15)24)8-12(3)9-16(18)22/h8-11,22-23H,4-7H2,1-3H3. The molecule has 0 aliphatic heterocycles. The lowest BCUT2D eigenvalue weighted by molar-refractivity contribution is 0.0973. The molecule has 30 heavy (non-hydrogen) atoms. The van der Waals surface area contributed by atoms with Crippen LogP contribution in [0, 0.1) is 6.92 Å². The lowest BCUT2D eigenvalue weighted by atomic mass is 9.82. The minimum Gasteiger partial charge on any atom is -0.507 e. The molecular weight excluding hydrogens is 411 g/mol. The van der Waals surface area contributed by atoms with Crippen LogP contribution in [-0.4, -0.2) is 35.0 Å². The summed E-state index contributed by atoms with van der Waals surface area (Å²) in [7, 11) is -3.99. The van der Waals surface area contributed by atoms with Crippen molar-refractivity contribution in [3.63, 3.8) is 0 Å². The summed E-state index contributed by atoms with van der Waals surface area (Å²) < 4.78 is 28.8. The van der Waals surface area contributed by atoms with E-state index >= 15 is 0 Å². The number of aromatic hydroxyl groups is 2. The number of carbonyl (C=O) groups excluding carboxylic acids is 2. The van der Waals surface area contributed by atoms with Gasteiger partial charge in [0.05, 0.1) is 24.3 Å². The predicted octanol–water partition coefficient (Wildman–Crippen LogP) is 4.52. The van der Waals surface area contributed by atoms with Crippen molar-refractivity contribution in [2.24, 2.45) is 0 Å². The number of fused-ring (bicyclic) bond motifs is 2. The molecule has 8 nitrogen and oxygen atoms in total. The molecule has 0 spiro atoms. The molecule has 0 fully saturated rings. The number of benzene rings is 2. The van der Waals surface area contributed by atoms with Crippen molar-refractivity contribution in [1.29, 1.82) is 0 Å². The minimum atomic E-state index is -3.99. The third-order valence-electron chi connectivity index (χ3n) is 4.42. The van der Waals surface area contributed by atoms with Gasteiger partial charge in [-0.25, -0.2) is 4.57 Å². The number of phenols is 2. The molecule has 0 amide bonds. The summed E-state index contributed by atoms with van der Waals surface area (Å²) >= 11 is 0. The molecule has 0 aromatic heterocycles. The Bertz CT molecular complexity index is 1050. The fourth-order valence-corrected chi connectivity index (χ4v) is 4.51. The molecule has 0 saturated carbocycles. The third-order valence-corrected chi connectivity index (χ3v) is 5.85. The van der Waals surface area contributed by atoms with Crippen molar-refractivity contribution in [2.75, 3.05) is 13.2 Å². The smallest absolute Gasteiger partial charge is 0.507 e. The minimum absolute atomic E-state index is 0.0224. The predicted molar refractivity (Wildman–Crippen MR) is 109 cm³/mol. The van der Waals surface area contributed by atoms with Gasteiger partial charge in [-0.3, -0.25) is 18.6 Å². The largest absolute Gasteiger partial charge is 0.530 e. The first-order valence-corrected chi connectivity index (χ1v) is 11.1. The zero-order valence-electron chi connectivity index (χ0n) is 16.9. The number of phosphoric acid groups is 1. The Morgan fingerprint density at radius 3 is 1.93 bits per heavy atom. The van der Waals surface area contributed by atoms with Gasteiger partial charge < -0.3 is 14.7 Å². The van der Waals surface area contributed by atoms with Gasteiger partial charge in [0.15, 0.2) is 5.78 Å². The monoisotopic (exact) mass is 434 g/mol. The first kappa shape index (κ1) is 22.0. The van der Waals surface area contributed by atoms with Gasteiger partial charge in [0.25, 0.3) is 0 Å². The first-order chi connectivity index (χ1) is 14.2. The van der Waals surface area contributed by atoms with E-state index in [-0.39, 0.29) is 47.0 Å². The number of phosphoric ester groups is 1. The Hall–Kier alpha value is -2.67. The van der Waals surface area contributed by atoms with Crippen molar-refractivity contribution in [1.82, 2.24) is 0 Å². The molecule has 2 N–H and O–H groups in total. The number of carbonyl (C=O) groups is 2. The molecule has 0 bridgehead atoms. The summed E-state index contributed by atoms with van der Waals surface area (Å²) in [6.07, 6.45) is 1.15. The number of hydrogen-bond donors (Lipinski definition) is 2. The van der Waals surface area contributed by atoms with Crippen molar-refractivity contribution in [3.8, 4) is 17.2 Å². The summed E-state index contributed by atoms with van der Waals surface area (Å²) in [6, 6.07) is 5.14. The highest BCUT2D eigenvalue weighted by Gasteiger charge is 2.36. The van der Waals surface area contributed by atoms with E-state index in [1.54, 1.807) is 6.92 Å². The van der Waals surface area contributed by atoms with E-state index < -0.39 is 25.1 Å². The molecule has 2 aromatic carbocycles. The molecule has 0 radical (unpaired) electrons. The lowest BCUT2D eigenvalue weighted by Crippen LogP contribution is -2.21. The van der Waals surface area contributed by atoms with Crippen LogP contribution >= 0.6 is 7.82 Å². The van der Waals surface area contributed by atoms with Crippen molar-refractivity contribution < 1.29 is 37.9 Å². The molecule has 2 aromatic rings. The van der Waals surface area contributed by atoms with Crippen LogP contribution in [0.5, 0.6) is 17.2 Å². The van der Waals surface area contributed by atoms with Gasteiger partial charge in [0.1, 0.15) is 17.2 Å². The fourth-order valence-electron chi connectivity index (χ4n) is 3.15. The van der Waals surface area contributed by atoms with Gasteiger partial charge in [0.2, 0.25) is 5.78 Å². The van der Waals surface area contributed by atoms with Crippen molar-refractivity contribution in [3.05, 3.63) is 52.1 Å². The van der Waals surface area contributed by atoms with Gasteiger partial charge >= 0.3 is 7.82 Å². The van der Waals surface area contributed by atoms with Crippen LogP contribution in [0.25, 0.3) is 0 Å². The highest BCUT2D eigenvalue weighted by atomic mass is 31.2. The Labute approximate surface area is 174 Å². The molecule has 9 heteroatoms. The Kier molecular flexibility index (Phi) is 6.31. The van der Waals surface area contributed by atoms with Gasteiger partial charge in [0, 0.05) is 17.2 Å². The number of ketones is 2. The summed E-state index contributed by atoms with van der Waals surface area (Å²) in [6.45, 7) is 5.58. The molecule has 0 atom stereocenters. The number of hydrogen-bond acceptors (Lipinski definition) is 8. The zero-order valence-corrected chi connectivity index (χ0v) is 17.8. The highest BCUT2D eigenvalue weighted by molar-refractivity contribution is 7.48. The maximum absolute atomic E-state index is 13.0. The number of aryl methyl sites for hydroxylation is 1. The first-order valence-electron chi connectivity index (χ1n) is 9.59. The van der Waals surface area contributed by atoms with Crippen molar-refractivity contribution in [2.45, 2.75) is 33.6 Å². The second-order valence-corrected chi connectivity index (χ2v) is 8.53. The van der Waals surface area contributed by atoms with Crippen LogP contribution < -0.4 is 4.52 Å². The second-order valence-electron chi connectivity index (χ2n) is 6.93. The topological polar surface area (TPSA) is 119 Å². The van der Waals surface area contributed by atoms with Gasteiger partial charge in [-0.15, -0.1) is 0 Å². The lowest BCUT2D eigenvalue weighted by Gasteiger charge is -2.22. The molecule has 3 rings (SSSR count). The summed E-state index contributed by atoms with van der Waals surface area (Å²) in [5.74, 6) is -2.27. The Morgan fingerprint density at radius 2 is 1.37 bits per heavy atom. The molecule has 0 saturated heterocycles. The molecule has 1 aliphatic carbocycles. The maximum Gasteiger partial charge on any atom is 0.530 e. The third kappa shape index (κ3) is 4.12. The summed E-state index contributed by atoms with van der Waals surface area (Å²) in [5, 5.41) is 20.6. The average molecular weight is 434 g/mol. The van der Waals surface area contributed by atoms with Crippen LogP contribution in [0.15, 0.2) is 24.3 Å². The molecule has 0 heterocycles. The van der Waals surface area contributed by atoms with Gasteiger partial charge in [-0.05, 0) is 43.5 Å². The SMILES string of the molecule is CCCOP(=O)(OCCC)Oc1cc(O)c2c(c1)C(=O)c1cc(C)cc(O)c1C2=O. The molecule has 1 aliphatic rings. The van der Waals surface area contributed by atoms with E-state index in [9.17, 15) is 24.4 Å². The van der Waals surface area contributed by atoms with E-state index in [0.717, 1.165) is 6.07 Å². The number of phenolic OH excluding ortho intramolecular Hbond substituents is 2. The molecule has 160 valence electrons. The highest BCUT2D eigenvalue weighted by Crippen LogP contribution is 2.51. The Balaban J connectivity index is 2.05. The Morgan fingerprint density at radius 1 is 0.833 bits per heavy atom. The number of rotatable bonds is 8. The van der Waals surface area contributed by atoms with E-state index in [1.165, 1.54) is 18.2 Å². The van der Waals surface area contributed by atoms with E-state index in [2.05, 4.69) is 0 Å². The summed E-state index contributed by atoms with van der Waals surface area (Å²) in [5.41, 5.74) is 0.0835. The van der Waals surface area contributed by atoms with E-state index in [0.29, 0.717) is 18.4 Å². The second kappa shape index (κ2) is 8.60. The maximum atomic E-state index is 13.0. The van der Waals surface area contributed by atoms with Crippen LogP contribution in [0.4, 0.5) is 0 Å². The summed E-state index contributed by atoms with van der Waals surface area (Å²) in [4.78, 5) is 25.9. The molecular formula is C21H23O8P. The van der Waals surface area contributed by atoms with Crippen molar-refractivity contribution >= 4 is 19.4 Å². The molecule has 0 unspecified atom stereocenters. The van der Waals surface area contributed by atoms with E-state index in [1.807, 2.05) is 13.8 Å². The fraction of sp³-hybridized carbons (Fsp3) is 0.333. The normalized spacial score (nSPS) is 13.2. The van der Waals surface area contributed by atoms with Gasteiger partial charge in [-0.1, -0.05) is 13.8 Å². The van der Waals surface area contributed by atoms with Crippen LogP contribution in [0.3, 0.4) is 0 Å². The van der Waals surface area contributed by atoms with E-state index in [4.69, 9.17) is 13.6 Å². The van der Waals surface area contributed by atoms with Crippen LogP contribution in [0.2, 0.25) is 0 Å². The van der Waals surface area contributed by atoms with Crippen LogP contribution in [0.1, 0.15) is 64.1 Å². The quantitative estimate of drug-likeness (QED) is 0.497. The average Bonchev–Trinajstić information content (AvgIpc) is 2.68. The zero-order chi connectivity index (χ0) is 22.1.